The van der Waals surface area contributed by atoms with Crippen LogP contribution in [0.3, 0.4) is 0 Å². The van der Waals surface area contributed by atoms with Gasteiger partial charge in [-0.1, -0.05) is 17.7 Å². The molecule has 0 saturated carbocycles. The van der Waals surface area contributed by atoms with E-state index in [0.29, 0.717) is 11.4 Å². The van der Waals surface area contributed by atoms with Crippen molar-refractivity contribution < 1.29 is 9.53 Å². The topological polar surface area (TPSA) is 51.2 Å². The van der Waals surface area contributed by atoms with Gasteiger partial charge in [0.1, 0.15) is 6.10 Å². The molecule has 1 N–H and O–H groups in total. The number of aryl methyl sites for hydroxylation is 3. The van der Waals surface area contributed by atoms with E-state index < -0.39 is 0 Å². The van der Waals surface area contributed by atoms with Gasteiger partial charge in [0.05, 0.1) is 5.56 Å². The van der Waals surface area contributed by atoms with Gasteiger partial charge in [-0.05, 0) is 50.1 Å². The summed E-state index contributed by atoms with van der Waals surface area (Å²) in [4.78, 5) is 16.7. The van der Waals surface area contributed by atoms with Gasteiger partial charge in [0.2, 0.25) is 5.88 Å². The molecule has 1 fully saturated rings. The zero-order valence-electron chi connectivity index (χ0n) is 14.3. The van der Waals surface area contributed by atoms with E-state index >= 15 is 0 Å². The Labute approximate surface area is 147 Å². The first-order valence-electron chi connectivity index (χ1n) is 8.12. The summed E-state index contributed by atoms with van der Waals surface area (Å²) in [6, 6.07) is 7.67. The Morgan fingerprint density at radius 3 is 2.58 bits per heavy atom. The van der Waals surface area contributed by atoms with Crippen LogP contribution in [0.25, 0.3) is 0 Å². The van der Waals surface area contributed by atoms with Crippen LogP contribution >= 0.6 is 11.8 Å². The number of amides is 1. The average Bonchev–Trinajstić information content (AvgIpc) is 3.04. The van der Waals surface area contributed by atoms with Crippen molar-refractivity contribution in [1.29, 1.82) is 0 Å². The van der Waals surface area contributed by atoms with E-state index in [1.54, 1.807) is 18.3 Å². The summed E-state index contributed by atoms with van der Waals surface area (Å²) < 4.78 is 5.82. The SMILES string of the molecule is Cc1cc(C)c(NC(=O)c2ccc(OC3CCSC3)nc2)c(C)c1. The number of aromatic nitrogens is 1. The largest absolute Gasteiger partial charge is 0.473 e. The maximum Gasteiger partial charge on any atom is 0.257 e. The standard InChI is InChI=1S/C19H22N2O2S/c1-12-8-13(2)18(14(3)9-12)21-19(22)15-4-5-17(20-10-15)23-16-6-7-24-11-16/h4-5,8-10,16H,6-7,11H2,1-3H3,(H,21,22). The lowest BCUT2D eigenvalue weighted by Crippen LogP contribution is -2.17. The van der Waals surface area contributed by atoms with Crippen molar-refractivity contribution in [3.05, 3.63) is 52.7 Å². The lowest BCUT2D eigenvalue weighted by atomic mass is 10.0. The second-order valence-corrected chi connectivity index (χ2v) is 7.37. The van der Waals surface area contributed by atoms with E-state index in [1.165, 1.54) is 5.56 Å². The van der Waals surface area contributed by atoms with Gasteiger partial charge in [0.25, 0.3) is 5.91 Å². The monoisotopic (exact) mass is 342 g/mol. The summed E-state index contributed by atoms with van der Waals surface area (Å²) in [5.41, 5.74) is 4.72. The smallest absolute Gasteiger partial charge is 0.257 e. The van der Waals surface area contributed by atoms with E-state index in [9.17, 15) is 4.79 Å². The number of nitrogens with zero attached hydrogens (tertiary/aromatic N) is 1. The highest BCUT2D eigenvalue weighted by atomic mass is 32.2. The Morgan fingerprint density at radius 2 is 2.00 bits per heavy atom. The quantitative estimate of drug-likeness (QED) is 0.907. The molecule has 2 aromatic rings. The first kappa shape index (κ1) is 16.8. The van der Waals surface area contributed by atoms with Gasteiger partial charge in [-0.25, -0.2) is 4.98 Å². The maximum absolute atomic E-state index is 12.5. The van der Waals surface area contributed by atoms with Crippen LogP contribution in [0.5, 0.6) is 5.88 Å². The number of hydrogen-bond donors (Lipinski definition) is 1. The summed E-state index contributed by atoms with van der Waals surface area (Å²) in [5, 5.41) is 2.99. The van der Waals surface area contributed by atoms with Gasteiger partial charge in [-0.3, -0.25) is 4.79 Å². The van der Waals surface area contributed by atoms with Gasteiger partial charge in [0, 0.05) is 23.7 Å². The molecule has 1 aromatic carbocycles. The molecule has 0 spiro atoms. The van der Waals surface area contributed by atoms with Gasteiger partial charge in [-0.2, -0.15) is 11.8 Å². The lowest BCUT2D eigenvalue weighted by Gasteiger charge is -2.14. The number of carbonyl (C=O) groups is 1. The summed E-state index contributed by atoms with van der Waals surface area (Å²) in [5.74, 6) is 2.58. The molecule has 0 bridgehead atoms. The van der Waals surface area contributed by atoms with Crippen molar-refractivity contribution in [2.45, 2.75) is 33.3 Å². The predicted molar refractivity (Wildman–Crippen MR) is 99.2 cm³/mol. The van der Waals surface area contributed by atoms with Crippen LogP contribution < -0.4 is 10.1 Å². The third-order valence-electron chi connectivity index (χ3n) is 4.09. The molecular formula is C19H22N2O2S. The predicted octanol–water partition coefficient (Wildman–Crippen LogP) is 4.14. The van der Waals surface area contributed by atoms with E-state index in [2.05, 4.69) is 29.4 Å². The van der Waals surface area contributed by atoms with Crippen molar-refractivity contribution in [3.63, 3.8) is 0 Å². The molecule has 5 heteroatoms. The van der Waals surface area contributed by atoms with Crippen molar-refractivity contribution in [2.24, 2.45) is 0 Å². The molecule has 126 valence electrons. The molecule has 4 nitrogen and oxygen atoms in total. The van der Waals surface area contributed by atoms with Crippen molar-refractivity contribution in [2.75, 3.05) is 16.8 Å². The molecule has 1 amide bonds. The Kier molecular flexibility index (Phi) is 5.09. The average molecular weight is 342 g/mol. The minimum absolute atomic E-state index is 0.152. The van der Waals surface area contributed by atoms with Gasteiger partial charge >= 0.3 is 0 Å². The number of carbonyl (C=O) groups excluding carboxylic acids is 1. The Morgan fingerprint density at radius 1 is 1.25 bits per heavy atom. The molecule has 1 aliphatic rings. The second-order valence-electron chi connectivity index (χ2n) is 6.22. The lowest BCUT2D eigenvalue weighted by molar-refractivity contribution is 0.102. The fourth-order valence-electron chi connectivity index (χ4n) is 2.92. The Hall–Kier alpha value is -2.01. The fourth-order valence-corrected chi connectivity index (χ4v) is 4.02. The molecular weight excluding hydrogens is 320 g/mol. The minimum atomic E-state index is -0.152. The van der Waals surface area contributed by atoms with Crippen LogP contribution in [0.2, 0.25) is 0 Å². The molecule has 3 rings (SSSR count). The molecule has 1 aromatic heterocycles. The first-order chi connectivity index (χ1) is 11.5. The third-order valence-corrected chi connectivity index (χ3v) is 5.22. The number of rotatable bonds is 4. The minimum Gasteiger partial charge on any atom is -0.473 e. The van der Waals surface area contributed by atoms with E-state index in [0.717, 1.165) is 34.7 Å². The van der Waals surface area contributed by atoms with E-state index in [4.69, 9.17) is 4.74 Å². The molecule has 0 aliphatic carbocycles. The summed E-state index contributed by atoms with van der Waals surface area (Å²) in [6.45, 7) is 6.06. The maximum atomic E-state index is 12.5. The molecule has 2 heterocycles. The number of pyridine rings is 1. The number of anilines is 1. The highest BCUT2D eigenvalue weighted by Gasteiger charge is 2.18. The van der Waals surface area contributed by atoms with Crippen LogP contribution in [-0.4, -0.2) is 28.5 Å². The molecule has 0 radical (unpaired) electrons. The number of ether oxygens (including phenoxy) is 1. The Balaban J connectivity index is 1.69. The van der Waals surface area contributed by atoms with Crippen LogP contribution in [0.4, 0.5) is 5.69 Å². The Bertz CT molecular complexity index is 715. The summed E-state index contributed by atoms with van der Waals surface area (Å²) in [6.07, 6.45) is 2.87. The van der Waals surface area contributed by atoms with Crippen molar-refractivity contribution in [3.8, 4) is 5.88 Å². The van der Waals surface area contributed by atoms with Crippen LogP contribution in [0.1, 0.15) is 33.5 Å². The highest BCUT2D eigenvalue weighted by molar-refractivity contribution is 7.99. The van der Waals surface area contributed by atoms with Crippen molar-refractivity contribution >= 4 is 23.4 Å². The number of hydrogen-bond acceptors (Lipinski definition) is 4. The molecule has 24 heavy (non-hydrogen) atoms. The van der Waals surface area contributed by atoms with Gasteiger partial charge in [0.15, 0.2) is 0 Å². The van der Waals surface area contributed by atoms with E-state index in [-0.39, 0.29) is 12.0 Å². The van der Waals surface area contributed by atoms with Gasteiger partial charge in [-0.15, -0.1) is 0 Å². The number of benzene rings is 1. The summed E-state index contributed by atoms with van der Waals surface area (Å²) in [7, 11) is 0. The van der Waals surface area contributed by atoms with Crippen LogP contribution in [0.15, 0.2) is 30.5 Å². The van der Waals surface area contributed by atoms with Crippen molar-refractivity contribution in [1.82, 2.24) is 4.98 Å². The molecule has 1 atom stereocenters. The number of thioether (sulfide) groups is 1. The normalized spacial score (nSPS) is 16.9. The second kappa shape index (κ2) is 7.26. The van der Waals surface area contributed by atoms with Crippen LogP contribution in [0, 0.1) is 20.8 Å². The van der Waals surface area contributed by atoms with E-state index in [1.807, 2.05) is 25.6 Å². The van der Waals surface area contributed by atoms with Gasteiger partial charge < -0.3 is 10.1 Å². The zero-order valence-corrected chi connectivity index (χ0v) is 15.1. The number of nitrogens with one attached hydrogen (secondary N) is 1. The zero-order chi connectivity index (χ0) is 17.1. The molecule has 1 saturated heterocycles. The molecule has 1 unspecified atom stereocenters. The third kappa shape index (κ3) is 3.90. The fraction of sp³-hybridized carbons (Fsp3) is 0.368. The molecule has 1 aliphatic heterocycles. The first-order valence-corrected chi connectivity index (χ1v) is 9.28. The highest BCUT2D eigenvalue weighted by Crippen LogP contribution is 2.24. The summed E-state index contributed by atoms with van der Waals surface area (Å²) >= 11 is 1.90. The van der Waals surface area contributed by atoms with Crippen LogP contribution in [-0.2, 0) is 0 Å².